The highest BCUT2D eigenvalue weighted by Gasteiger charge is 2.34. The number of nitrogens with zero attached hydrogens (tertiary/aromatic N) is 2. The van der Waals surface area contributed by atoms with Crippen molar-refractivity contribution in [3.8, 4) is 5.75 Å². The minimum Gasteiger partial charge on any atom is -0.495 e. The van der Waals surface area contributed by atoms with Gasteiger partial charge in [0.2, 0.25) is 11.8 Å². The molecule has 218 valence electrons. The first-order valence-corrected chi connectivity index (χ1v) is 16.0. The highest BCUT2D eigenvalue weighted by atomic mass is 79.9. The maximum absolute atomic E-state index is 14.1. The van der Waals surface area contributed by atoms with Gasteiger partial charge in [-0.25, -0.2) is 8.42 Å². The zero-order valence-corrected chi connectivity index (χ0v) is 25.7. The molecule has 3 aromatic rings. The lowest BCUT2D eigenvalue weighted by Gasteiger charge is -2.33. The van der Waals surface area contributed by atoms with Crippen molar-refractivity contribution in [3.63, 3.8) is 0 Å². The molecule has 10 heteroatoms. The first kappa shape index (κ1) is 30.6. The molecule has 1 fully saturated rings. The van der Waals surface area contributed by atoms with Gasteiger partial charge in [0.15, 0.2) is 0 Å². The molecule has 41 heavy (non-hydrogen) atoms. The van der Waals surface area contributed by atoms with Crippen LogP contribution in [0.3, 0.4) is 0 Å². The normalized spacial score (nSPS) is 14.6. The number of halogens is 1. The highest BCUT2D eigenvalue weighted by molar-refractivity contribution is 9.10. The minimum atomic E-state index is -4.16. The monoisotopic (exact) mass is 641 g/mol. The van der Waals surface area contributed by atoms with E-state index in [-0.39, 0.29) is 29.1 Å². The van der Waals surface area contributed by atoms with E-state index in [1.165, 1.54) is 24.1 Å². The summed E-state index contributed by atoms with van der Waals surface area (Å²) in [5.74, 6) is -0.455. The fourth-order valence-electron chi connectivity index (χ4n) is 5.01. The third-order valence-electron chi connectivity index (χ3n) is 7.35. The van der Waals surface area contributed by atoms with Crippen molar-refractivity contribution in [2.75, 3.05) is 18.0 Å². The fourth-order valence-corrected chi connectivity index (χ4v) is 6.72. The predicted molar refractivity (Wildman–Crippen MR) is 163 cm³/mol. The number of ether oxygens (including phenoxy) is 1. The van der Waals surface area contributed by atoms with Gasteiger partial charge in [0.25, 0.3) is 10.0 Å². The summed E-state index contributed by atoms with van der Waals surface area (Å²) in [5.41, 5.74) is 1.05. The predicted octanol–water partition coefficient (Wildman–Crippen LogP) is 5.52. The number of hydrogen-bond donors (Lipinski definition) is 1. The summed E-state index contributed by atoms with van der Waals surface area (Å²) in [6.45, 7) is 1.31. The van der Waals surface area contributed by atoms with Crippen LogP contribution < -0.4 is 14.4 Å². The molecule has 1 aliphatic carbocycles. The zero-order chi connectivity index (χ0) is 29.4. The van der Waals surface area contributed by atoms with E-state index in [2.05, 4.69) is 21.2 Å². The maximum atomic E-state index is 14.1. The van der Waals surface area contributed by atoms with E-state index < -0.39 is 28.5 Å². The minimum absolute atomic E-state index is 0.0428. The second-order valence-corrected chi connectivity index (χ2v) is 12.9. The molecule has 4 rings (SSSR count). The summed E-state index contributed by atoms with van der Waals surface area (Å²) in [4.78, 5) is 29.0. The van der Waals surface area contributed by atoms with E-state index in [9.17, 15) is 18.0 Å². The van der Waals surface area contributed by atoms with Crippen molar-refractivity contribution in [3.05, 3.63) is 88.9 Å². The van der Waals surface area contributed by atoms with Crippen LogP contribution in [0, 0.1) is 0 Å². The molecule has 3 aromatic carbocycles. The summed E-state index contributed by atoms with van der Waals surface area (Å²) >= 11 is 3.43. The molecule has 2 amide bonds. The summed E-state index contributed by atoms with van der Waals surface area (Å²) in [6, 6.07) is 21.4. The van der Waals surface area contributed by atoms with E-state index in [1.54, 1.807) is 49.4 Å². The lowest BCUT2D eigenvalue weighted by Crippen LogP contribution is -2.53. The van der Waals surface area contributed by atoms with Crippen molar-refractivity contribution in [1.82, 2.24) is 10.2 Å². The van der Waals surface area contributed by atoms with Crippen molar-refractivity contribution < 1.29 is 22.7 Å². The van der Waals surface area contributed by atoms with E-state index in [1.807, 2.05) is 24.3 Å². The van der Waals surface area contributed by atoms with Gasteiger partial charge in [-0.2, -0.15) is 0 Å². The fraction of sp³-hybridized carbons (Fsp3) is 0.355. The van der Waals surface area contributed by atoms with Gasteiger partial charge in [-0.3, -0.25) is 13.9 Å². The molecule has 0 heterocycles. The van der Waals surface area contributed by atoms with Gasteiger partial charge in [-0.1, -0.05) is 77.7 Å². The average molecular weight is 643 g/mol. The zero-order valence-electron chi connectivity index (χ0n) is 23.3. The number of hydrogen-bond acceptors (Lipinski definition) is 5. The Bertz CT molecular complexity index is 1430. The molecule has 0 unspecified atom stereocenters. The molecule has 0 saturated heterocycles. The number of sulfonamides is 1. The number of nitrogens with one attached hydrogen (secondary N) is 1. The molecular weight excluding hydrogens is 606 g/mol. The van der Waals surface area contributed by atoms with Gasteiger partial charge in [-0.15, -0.1) is 0 Å². The molecule has 1 saturated carbocycles. The Morgan fingerprint density at radius 2 is 1.59 bits per heavy atom. The molecule has 0 bridgehead atoms. The summed E-state index contributed by atoms with van der Waals surface area (Å²) in [6.07, 6.45) is 5.11. The standard InChI is InChI=1S/C31H36BrN3O5S/c1-23(31(37)33-26-11-5-3-6-12-26)34(21-24-17-19-25(32)20-18-24)30(36)22-35(28-15-9-10-16-29(28)40-2)41(38,39)27-13-7-4-8-14-27/h4,7-10,13-20,23,26H,3,5-6,11-12,21-22H2,1-2H3,(H,33,37)/t23-/m1/s1. The third-order valence-corrected chi connectivity index (χ3v) is 9.65. The van der Waals surface area contributed by atoms with Crippen LogP contribution in [-0.4, -0.2) is 50.9 Å². The average Bonchev–Trinajstić information content (AvgIpc) is 3.00. The van der Waals surface area contributed by atoms with Crippen LogP contribution in [0.2, 0.25) is 0 Å². The van der Waals surface area contributed by atoms with Crippen molar-refractivity contribution in [2.45, 2.75) is 62.6 Å². The molecule has 0 spiro atoms. The summed E-state index contributed by atoms with van der Waals surface area (Å²) < 4.78 is 35.3. The van der Waals surface area contributed by atoms with Crippen molar-refractivity contribution in [2.24, 2.45) is 0 Å². The second-order valence-electron chi connectivity index (χ2n) is 10.2. The van der Waals surface area contributed by atoms with E-state index in [0.29, 0.717) is 5.75 Å². The maximum Gasteiger partial charge on any atom is 0.264 e. The van der Waals surface area contributed by atoms with Crippen LogP contribution in [0.25, 0.3) is 0 Å². The lowest BCUT2D eigenvalue weighted by atomic mass is 9.95. The SMILES string of the molecule is COc1ccccc1N(CC(=O)N(Cc1ccc(Br)cc1)[C@H](C)C(=O)NC1CCCCC1)S(=O)(=O)c1ccccc1. The second kappa shape index (κ2) is 14.0. The Kier molecular flexibility index (Phi) is 10.4. The molecular formula is C31H36BrN3O5S. The molecule has 1 atom stereocenters. The van der Waals surface area contributed by atoms with Crippen LogP contribution >= 0.6 is 15.9 Å². The van der Waals surface area contributed by atoms with Crippen molar-refractivity contribution in [1.29, 1.82) is 0 Å². The molecule has 0 aliphatic heterocycles. The van der Waals surface area contributed by atoms with Crippen LogP contribution in [0.1, 0.15) is 44.6 Å². The van der Waals surface area contributed by atoms with Gasteiger partial charge in [0.05, 0.1) is 17.7 Å². The quantitative estimate of drug-likeness (QED) is 0.297. The molecule has 8 nitrogen and oxygen atoms in total. The molecule has 0 radical (unpaired) electrons. The van der Waals surface area contributed by atoms with Crippen LogP contribution in [0.5, 0.6) is 5.75 Å². The number of benzene rings is 3. The number of carbonyl (C=O) groups excluding carboxylic acids is 2. The van der Waals surface area contributed by atoms with Crippen molar-refractivity contribution >= 4 is 43.5 Å². The number of anilines is 1. The van der Waals surface area contributed by atoms with Gasteiger partial charge in [-0.05, 0) is 61.7 Å². The van der Waals surface area contributed by atoms with Gasteiger partial charge >= 0.3 is 0 Å². The largest absolute Gasteiger partial charge is 0.495 e. The van der Waals surface area contributed by atoms with Crippen LogP contribution in [0.4, 0.5) is 5.69 Å². The highest BCUT2D eigenvalue weighted by Crippen LogP contribution is 2.32. The number of carbonyl (C=O) groups is 2. The lowest BCUT2D eigenvalue weighted by molar-refractivity contribution is -0.139. The van der Waals surface area contributed by atoms with Gasteiger partial charge in [0.1, 0.15) is 18.3 Å². The van der Waals surface area contributed by atoms with E-state index >= 15 is 0 Å². The van der Waals surface area contributed by atoms with Gasteiger partial charge < -0.3 is 15.0 Å². The number of para-hydroxylation sites is 2. The first-order chi connectivity index (χ1) is 19.7. The van der Waals surface area contributed by atoms with Gasteiger partial charge in [0, 0.05) is 17.1 Å². The summed E-state index contributed by atoms with van der Waals surface area (Å²) in [5, 5.41) is 3.12. The van der Waals surface area contributed by atoms with Crippen LogP contribution in [0.15, 0.2) is 88.2 Å². The number of rotatable bonds is 11. The Morgan fingerprint density at radius 3 is 2.24 bits per heavy atom. The van der Waals surface area contributed by atoms with E-state index in [0.717, 1.165) is 46.4 Å². The topological polar surface area (TPSA) is 96.0 Å². The smallest absolute Gasteiger partial charge is 0.264 e. The third kappa shape index (κ3) is 7.68. The Morgan fingerprint density at radius 1 is 0.951 bits per heavy atom. The van der Waals surface area contributed by atoms with Crippen LogP contribution in [-0.2, 0) is 26.2 Å². The first-order valence-electron chi connectivity index (χ1n) is 13.8. The molecule has 1 N–H and O–H groups in total. The molecule has 0 aromatic heterocycles. The Hall–Kier alpha value is -3.37. The number of amides is 2. The number of methoxy groups -OCH3 is 1. The summed E-state index contributed by atoms with van der Waals surface area (Å²) in [7, 11) is -2.71. The Labute approximate surface area is 250 Å². The molecule has 1 aliphatic rings. The van der Waals surface area contributed by atoms with E-state index in [4.69, 9.17) is 4.74 Å². The Balaban J connectivity index is 1.69.